The zero-order valence-electron chi connectivity index (χ0n) is 14.5. The largest absolute Gasteiger partial charge is 0.479 e. The van der Waals surface area contributed by atoms with Crippen LogP contribution in [0.15, 0.2) is 12.4 Å². The third-order valence-corrected chi connectivity index (χ3v) is 4.56. The summed E-state index contributed by atoms with van der Waals surface area (Å²) >= 11 is 1.36. The molecule has 24 heavy (non-hydrogen) atoms. The first-order chi connectivity index (χ1) is 11.1. The minimum Gasteiger partial charge on any atom is -0.479 e. The zero-order valence-corrected chi connectivity index (χ0v) is 15.3. The number of carbonyl (C=O) groups excluding carboxylic acids is 1. The van der Waals surface area contributed by atoms with Crippen molar-refractivity contribution in [1.82, 2.24) is 14.8 Å². The molecule has 8 heteroatoms. The van der Waals surface area contributed by atoms with Gasteiger partial charge in [-0.3, -0.25) is 9.48 Å². The third-order valence-electron chi connectivity index (χ3n) is 3.55. The Balaban J connectivity index is 2.19. The molecule has 0 aliphatic heterocycles. The number of nitrogens with zero attached hydrogens (tertiary/aromatic N) is 3. The molecule has 0 saturated carbocycles. The molecule has 130 valence electrons. The van der Waals surface area contributed by atoms with Gasteiger partial charge in [-0.2, -0.15) is 5.10 Å². The van der Waals surface area contributed by atoms with E-state index in [1.165, 1.54) is 28.4 Å². The van der Waals surface area contributed by atoms with Crippen LogP contribution in [0.5, 0.6) is 0 Å². The minimum absolute atomic E-state index is 0.246. The average Bonchev–Trinajstić information content (AvgIpc) is 3.05. The fourth-order valence-corrected chi connectivity index (χ4v) is 2.99. The molecule has 2 rings (SSSR count). The topological polar surface area (TPSA) is 97.1 Å². The van der Waals surface area contributed by atoms with Crippen molar-refractivity contribution in [3.63, 3.8) is 0 Å². The van der Waals surface area contributed by atoms with Crippen molar-refractivity contribution < 1.29 is 14.7 Å². The molecular formula is C16H22N4O3S. The fraction of sp³-hybridized carbons (Fsp3) is 0.500. The Morgan fingerprint density at radius 1 is 1.42 bits per heavy atom. The maximum absolute atomic E-state index is 12.5. The number of aromatic nitrogens is 3. The fourth-order valence-electron chi connectivity index (χ4n) is 2.15. The Kier molecular flexibility index (Phi) is 5.08. The van der Waals surface area contributed by atoms with Crippen LogP contribution in [0, 0.1) is 12.8 Å². The van der Waals surface area contributed by atoms with Gasteiger partial charge in [0.2, 0.25) is 0 Å². The predicted octanol–water partition coefficient (Wildman–Crippen LogP) is 2.92. The lowest BCUT2D eigenvalue weighted by atomic mass is 10.1. The molecule has 1 amide bonds. The van der Waals surface area contributed by atoms with Gasteiger partial charge in [-0.1, -0.05) is 13.8 Å². The number of carbonyl (C=O) groups is 2. The number of carboxylic acid groups (broad SMARTS) is 1. The molecule has 0 aliphatic rings. The average molecular weight is 350 g/mol. The summed E-state index contributed by atoms with van der Waals surface area (Å²) in [5.74, 6) is -0.845. The second-order valence-electron chi connectivity index (χ2n) is 6.60. The van der Waals surface area contributed by atoms with Crippen LogP contribution in [0.25, 0.3) is 0 Å². The number of aryl methyl sites for hydroxylation is 1. The Morgan fingerprint density at radius 2 is 2.08 bits per heavy atom. The molecular weight excluding hydrogens is 328 g/mol. The first-order valence-electron chi connectivity index (χ1n) is 7.67. The summed E-state index contributed by atoms with van der Waals surface area (Å²) < 4.78 is 1.32. The smallest absolute Gasteiger partial charge is 0.331 e. The van der Waals surface area contributed by atoms with E-state index in [1.54, 1.807) is 13.8 Å². The van der Waals surface area contributed by atoms with Gasteiger partial charge in [0.05, 0.1) is 22.6 Å². The van der Waals surface area contributed by atoms with Gasteiger partial charge in [0.1, 0.15) is 4.88 Å². The first kappa shape index (κ1) is 18.1. The SMILES string of the molecule is Cc1nc(CC(C)C)c(C(=O)Nc2cnn(C(C)(C)C(=O)O)c2)s1. The monoisotopic (exact) mass is 350 g/mol. The van der Waals surface area contributed by atoms with Crippen molar-refractivity contribution in [2.45, 2.75) is 46.6 Å². The zero-order chi connectivity index (χ0) is 18.1. The summed E-state index contributed by atoms with van der Waals surface area (Å²) in [5.41, 5.74) is 0.0616. The van der Waals surface area contributed by atoms with Crippen LogP contribution in [-0.2, 0) is 16.8 Å². The van der Waals surface area contributed by atoms with Crippen LogP contribution in [0.1, 0.15) is 48.1 Å². The van der Waals surface area contributed by atoms with E-state index in [4.69, 9.17) is 0 Å². The maximum atomic E-state index is 12.5. The van der Waals surface area contributed by atoms with Crippen LogP contribution in [0.4, 0.5) is 5.69 Å². The molecule has 7 nitrogen and oxygen atoms in total. The quantitative estimate of drug-likeness (QED) is 0.835. The van der Waals surface area contributed by atoms with Crippen molar-refractivity contribution in [1.29, 1.82) is 0 Å². The van der Waals surface area contributed by atoms with Crippen molar-refractivity contribution in [2.24, 2.45) is 5.92 Å². The number of hydrogen-bond acceptors (Lipinski definition) is 5. The van der Waals surface area contributed by atoms with Crippen molar-refractivity contribution >= 4 is 28.9 Å². The highest BCUT2D eigenvalue weighted by molar-refractivity contribution is 7.13. The lowest BCUT2D eigenvalue weighted by molar-refractivity contribution is -0.146. The number of carboxylic acids is 1. The molecule has 0 aromatic carbocycles. The number of aliphatic carboxylic acids is 1. The van der Waals surface area contributed by atoms with Crippen molar-refractivity contribution in [3.8, 4) is 0 Å². The second-order valence-corrected chi connectivity index (χ2v) is 7.80. The Hall–Kier alpha value is -2.22. The van der Waals surface area contributed by atoms with E-state index < -0.39 is 11.5 Å². The highest BCUT2D eigenvalue weighted by Crippen LogP contribution is 2.23. The highest BCUT2D eigenvalue weighted by Gasteiger charge is 2.30. The summed E-state index contributed by atoms with van der Waals surface area (Å²) in [7, 11) is 0. The molecule has 0 saturated heterocycles. The molecule has 2 N–H and O–H groups in total. The Labute approximate surface area is 144 Å². The van der Waals surface area contributed by atoms with Gasteiger partial charge in [-0.25, -0.2) is 9.78 Å². The Bertz CT molecular complexity index is 761. The van der Waals surface area contributed by atoms with Crippen LogP contribution in [0.3, 0.4) is 0 Å². The number of hydrogen-bond donors (Lipinski definition) is 2. The molecule has 0 radical (unpaired) electrons. The molecule has 0 aliphatic carbocycles. The van der Waals surface area contributed by atoms with Gasteiger partial charge in [-0.15, -0.1) is 11.3 Å². The maximum Gasteiger partial charge on any atom is 0.331 e. The lowest BCUT2D eigenvalue weighted by Gasteiger charge is -2.19. The summed E-state index contributed by atoms with van der Waals surface area (Å²) in [5, 5.41) is 16.9. The van der Waals surface area contributed by atoms with Gasteiger partial charge in [0, 0.05) is 6.20 Å². The van der Waals surface area contributed by atoms with Gasteiger partial charge < -0.3 is 10.4 Å². The van der Waals surface area contributed by atoms with Gasteiger partial charge in [-0.05, 0) is 33.1 Å². The van der Waals surface area contributed by atoms with E-state index in [2.05, 4.69) is 29.2 Å². The number of rotatable bonds is 6. The van der Waals surface area contributed by atoms with E-state index in [0.717, 1.165) is 17.1 Å². The predicted molar refractivity (Wildman–Crippen MR) is 92.5 cm³/mol. The molecule has 0 fully saturated rings. The number of nitrogens with one attached hydrogen (secondary N) is 1. The van der Waals surface area contributed by atoms with E-state index in [0.29, 0.717) is 16.5 Å². The van der Waals surface area contributed by atoms with E-state index in [1.807, 2.05) is 6.92 Å². The molecule has 2 heterocycles. The van der Waals surface area contributed by atoms with E-state index >= 15 is 0 Å². The minimum atomic E-state index is -1.19. The molecule has 0 unspecified atom stereocenters. The first-order valence-corrected chi connectivity index (χ1v) is 8.49. The number of anilines is 1. The highest BCUT2D eigenvalue weighted by atomic mass is 32.1. The second kappa shape index (κ2) is 6.72. The van der Waals surface area contributed by atoms with Crippen molar-refractivity contribution in [2.75, 3.05) is 5.32 Å². The van der Waals surface area contributed by atoms with Crippen molar-refractivity contribution in [3.05, 3.63) is 28.0 Å². The summed E-state index contributed by atoms with van der Waals surface area (Å²) in [6.45, 7) is 9.11. The summed E-state index contributed by atoms with van der Waals surface area (Å²) in [4.78, 5) is 28.8. The molecule has 2 aromatic heterocycles. The summed E-state index contributed by atoms with van der Waals surface area (Å²) in [6.07, 6.45) is 3.69. The molecule has 0 atom stereocenters. The molecule has 2 aromatic rings. The lowest BCUT2D eigenvalue weighted by Crippen LogP contribution is -2.35. The van der Waals surface area contributed by atoms with Crippen LogP contribution in [-0.4, -0.2) is 31.7 Å². The standard InChI is InChI=1S/C16H22N4O3S/c1-9(2)6-12-13(24-10(3)18-12)14(21)19-11-7-17-20(8-11)16(4,5)15(22)23/h7-9H,6H2,1-5H3,(H,19,21)(H,22,23). The van der Waals surface area contributed by atoms with Crippen LogP contribution < -0.4 is 5.32 Å². The van der Waals surface area contributed by atoms with Gasteiger partial charge in [0.25, 0.3) is 5.91 Å². The number of amides is 1. The Morgan fingerprint density at radius 3 is 2.67 bits per heavy atom. The number of thiazole rings is 1. The molecule has 0 spiro atoms. The normalized spacial score (nSPS) is 11.8. The van der Waals surface area contributed by atoms with E-state index in [-0.39, 0.29) is 5.91 Å². The van der Waals surface area contributed by atoms with Gasteiger partial charge >= 0.3 is 5.97 Å². The van der Waals surface area contributed by atoms with Crippen LogP contribution in [0.2, 0.25) is 0 Å². The van der Waals surface area contributed by atoms with Crippen LogP contribution >= 0.6 is 11.3 Å². The summed E-state index contributed by atoms with van der Waals surface area (Å²) in [6, 6.07) is 0. The van der Waals surface area contributed by atoms with E-state index in [9.17, 15) is 14.7 Å². The third kappa shape index (κ3) is 3.81. The molecule has 0 bridgehead atoms. The van der Waals surface area contributed by atoms with Gasteiger partial charge in [0.15, 0.2) is 5.54 Å².